The highest BCUT2D eigenvalue weighted by Gasteiger charge is 2.12. The van der Waals surface area contributed by atoms with Gasteiger partial charge in [0.15, 0.2) is 0 Å². The predicted octanol–water partition coefficient (Wildman–Crippen LogP) is 3.40. The molecule has 1 unspecified atom stereocenters. The minimum atomic E-state index is 0.717. The standard InChI is InChI=1S/C18H39N3/c1-4-10-17(5-2)19-13-15-21(6-3)16-14-20-18-11-8-7-9-12-18/h17-20H,4-16H2,1-3H3. The Morgan fingerprint density at radius 3 is 2.33 bits per heavy atom. The van der Waals surface area contributed by atoms with E-state index in [1.165, 1.54) is 71.0 Å². The van der Waals surface area contributed by atoms with Crippen LogP contribution in [0.15, 0.2) is 0 Å². The first-order valence-corrected chi connectivity index (χ1v) is 9.49. The fraction of sp³-hybridized carbons (Fsp3) is 1.00. The molecule has 0 radical (unpaired) electrons. The van der Waals surface area contributed by atoms with E-state index >= 15 is 0 Å². The highest BCUT2D eigenvalue weighted by Crippen LogP contribution is 2.16. The molecule has 0 amide bonds. The number of nitrogens with one attached hydrogen (secondary N) is 2. The normalized spacial score (nSPS) is 18.3. The van der Waals surface area contributed by atoms with Gasteiger partial charge in [-0.1, -0.05) is 46.5 Å². The number of hydrogen-bond donors (Lipinski definition) is 2. The van der Waals surface area contributed by atoms with Crippen LogP contribution in [0.2, 0.25) is 0 Å². The third-order valence-corrected chi connectivity index (χ3v) is 4.90. The molecule has 21 heavy (non-hydrogen) atoms. The van der Waals surface area contributed by atoms with Crippen LogP contribution in [-0.2, 0) is 0 Å². The summed E-state index contributed by atoms with van der Waals surface area (Å²) in [5.41, 5.74) is 0. The van der Waals surface area contributed by atoms with Gasteiger partial charge in [0.1, 0.15) is 0 Å². The van der Waals surface area contributed by atoms with Crippen LogP contribution in [0.25, 0.3) is 0 Å². The SMILES string of the molecule is CCCC(CC)NCCN(CC)CCNC1CCCCC1. The van der Waals surface area contributed by atoms with Crippen molar-refractivity contribution in [1.29, 1.82) is 0 Å². The van der Waals surface area contributed by atoms with Crippen LogP contribution in [0, 0.1) is 0 Å². The molecule has 0 aliphatic heterocycles. The lowest BCUT2D eigenvalue weighted by atomic mass is 9.95. The number of nitrogens with zero attached hydrogens (tertiary/aromatic N) is 1. The molecule has 3 heteroatoms. The van der Waals surface area contributed by atoms with E-state index in [2.05, 4.69) is 36.3 Å². The van der Waals surface area contributed by atoms with E-state index in [-0.39, 0.29) is 0 Å². The number of rotatable bonds is 12. The second-order valence-electron chi connectivity index (χ2n) is 6.57. The van der Waals surface area contributed by atoms with Gasteiger partial charge in [-0.3, -0.25) is 0 Å². The van der Waals surface area contributed by atoms with Crippen molar-refractivity contribution in [2.45, 2.75) is 84.2 Å². The molecule has 1 saturated carbocycles. The minimum absolute atomic E-state index is 0.717. The second kappa shape index (κ2) is 12.4. The lowest BCUT2D eigenvalue weighted by Crippen LogP contribution is -2.41. The van der Waals surface area contributed by atoms with Gasteiger partial charge < -0.3 is 15.5 Å². The lowest BCUT2D eigenvalue weighted by molar-refractivity contribution is 0.267. The molecule has 0 aromatic heterocycles. The van der Waals surface area contributed by atoms with Gasteiger partial charge >= 0.3 is 0 Å². The molecule has 2 N–H and O–H groups in total. The van der Waals surface area contributed by atoms with Gasteiger partial charge in [0, 0.05) is 38.3 Å². The molecule has 1 aliphatic carbocycles. The molecule has 1 rings (SSSR count). The summed E-state index contributed by atoms with van der Waals surface area (Å²) in [6.45, 7) is 12.7. The van der Waals surface area contributed by atoms with Crippen molar-refractivity contribution >= 4 is 0 Å². The molecule has 0 aromatic rings. The smallest absolute Gasteiger partial charge is 0.0107 e. The largest absolute Gasteiger partial charge is 0.313 e. The summed E-state index contributed by atoms with van der Waals surface area (Å²) < 4.78 is 0. The summed E-state index contributed by atoms with van der Waals surface area (Å²) >= 11 is 0. The van der Waals surface area contributed by atoms with E-state index in [1.807, 2.05) is 0 Å². The van der Waals surface area contributed by atoms with Crippen molar-refractivity contribution < 1.29 is 0 Å². The molecule has 0 saturated heterocycles. The Labute approximate surface area is 133 Å². The maximum absolute atomic E-state index is 3.75. The Morgan fingerprint density at radius 1 is 1.00 bits per heavy atom. The Kier molecular flexibility index (Phi) is 11.2. The van der Waals surface area contributed by atoms with E-state index < -0.39 is 0 Å². The fourth-order valence-corrected chi connectivity index (χ4v) is 3.39. The first kappa shape index (κ1) is 18.9. The van der Waals surface area contributed by atoms with E-state index in [4.69, 9.17) is 0 Å². The molecule has 0 spiro atoms. The van der Waals surface area contributed by atoms with Crippen molar-refractivity contribution in [3.05, 3.63) is 0 Å². The molecule has 1 atom stereocenters. The van der Waals surface area contributed by atoms with Crippen LogP contribution in [0.5, 0.6) is 0 Å². The highest BCUT2D eigenvalue weighted by atomic mass is 15.1. The van der Waals surface area contributed by atoms with E-state index in [0.717, 1.165) is 19.1 Å². The molecule has 126 valence electrons. The molecule has 0 heterocycles. The summed E-state index contributed by atoms with van der Waals surface area (Å²) in [5, 5.41) is 7.47. The molecule has 1 aliphatic rings. The Balaban J connectivity index is 2.07. The van der Waals surface area contributed by atoms with Crippen molar-refractivity contribution in [3.63, 3.8) is 0 Å². The summed E-state index contributed by atoms with van der Waals surface area (Å²) in [5.74, 6) is 0. The van der Waals surface area contributed by atoms with Crippen LogP contribution in [0.4, 0.5) is 0 Å². The van der Waals surface area contributed by atoms with Crippen molar-refractivity contribution in [1.82, 2.24) is 15.5 Å². The Bertz CT molecular complexity index is 216. The number of hydrogen-bond acceptors (Lipinski definition) is 3. The van der Waals surface area contributed by atoms with Crippen LogP contribution in [0.3, 0.4) is 0 Å². The van der Waals surface area contributed by atoms with Crippen molar-refractivity contribution in [2.75, 3.05) is 32.7 Å². The lowest BCUT2D eigenvalue weighted by Gasteiger charge is -2.26. The van der Waals surface area contributed by atoms with Gasteiger partial charge in [-0.05, 0) is 32.2 Å². The minimum Gasteiger partial charge on any atom is -0.313 e. The van der Waals surface area contributed by atoms with Crippen LogP contribution in [-0.4, -0.2) is 49.7 Å². The Hall–Kier alpha value is -0.120. The maximum Gasteiger partial charge on any atom is 0.0107 e. The topological polar surface area (TPSA) is 27.3 Å². The van der Waals surface area contributed by atoms with Crippen LogP contribution in [0.1, 0.15) is 72.1 Å². The number of likely N-dealkylation sites (N-methyl/N-ethyl adjacent to an activating group) is 1. The average molecular weight is 298 g/mol. The summed E-state index contributed by atoms with van der Waals surface area (Å²) in [6.07, 6.45) is 10.9. The Morgan fingerprint density at radius 2 is 1.71 bits per heavy atom. The molecule has 0 aromatic carbocycles. The van der Waals surface area contributed by atoms with Gasteiger partial charge in [-0.15, -0.1) is 0 Å². The molecule has 3 nitrogen and oxygen atoms in total. The summed E-state index contributed by atoms with van der Waals surface area (Å²) in [7, 11) is 0. The molecular weight excluding hydrogens is 258 g/mol. The van der Waals surface area contributed by atoms with Crippen LogP contribution < -0.4 is 10.6 Å². The maximum atomic E-state index is 3.75. The zero-order valence-corrected chi connectivity index (χ0v) is 14.8. The summed E-state index contributed by atoms with van der Waals surface area (Å²) in [6, 6.07) is 1.51. The van der Waals surface area contributed by atoms with Gasteiger partial charge in [0.2, 0.25) is 0 Å². The van der Waals surface area contributed by atoms with Gasteiger partial charge in [-0.2, -0.15) is 0 Å². The monoisotopic (exact) mass is 297 g/mol. The third kappa shape index (κ3) is 8.80. The van der Waals surface area contributed by atoms with Gasteiger partial charge in [0.05, 0.1) is 0 Å². The second-order valence-corrected chi connectivity index (χ2v) is 6.57. The van der Waals surface area contributed by atoms with E-state index in [0.29, 0.717) is 6.04 Å². The van der Waals surface area contributed by atoms with Crippen LogP contribution >= 0.6 is 0 Å². The predicted molar refractivity (Wildman–Crippen MR) is 94.0 cm³/mol. The van der Waals surface area contributed by atoms with Crippen molar-refractivity contribution in [2.24, 2.45) is 0 Å². The summed E-state index contributed by atoms with van der Waals surface area (Å²) in [4.78, 5) is 2.57. The molecule has 0 bridgehead atoms. The zero-order chi connectivity index (χ0) is 15.3. The van der Waals surface area contributed by atoms with Gasteiger partial charge in [0.25, 0.3) is 0 Å². The quantitative estimate of drug-likeness (QED) is 0.578. The highest BCUT2D eigenvalue weighted by molar-refractivity contribution is 4.73. The first-order chi connectivity index (χ1) is 10.3. The van der Waals surface area contributed by atoms with E-state index in [1.54, 1.807) is 0 Å². The van der Waals surface area contributed by atoms with Crippen molar-refractivity contribution in [3.8, 4) is 0 Å². The first-order valence-electron chi connectivity index (χ1n) is 9.49. The molecule has 1 fully saturated rings. The van der Waals surface area contributed by atoms with Gasteiger partial charge in [-0.25, -0.2) is 0 Å². The fourth-order valence-electron chi connectivity index (χ4n) is 3.39. The third-order valence-electron chi connectivity index (χ3n) is 4.90. The van der Waals surface area contributed by atoms with E-state index in [9.17, 15) is 0 Å². The zero-order valence-electron chi connectivity index (χ0n) is 14.8. The average Bonchev–Trinajstić information content (AvgIpc) is 2.53. The molecular formula is C18H39N3.